The van der Waals surface area contributed by atoms with Gasteiger partial charge < -0.3 is 10.2 Å². The Morgan fingerprint density at radius 1 is 1.14 bits per heavy atom. The van der Waals surface area contributed by atoms with E-state index in [0.717, 1.165) is 15.1 Å². The van der Waals surface area contributed by atoms with Crippen molar-refractivity contribution in [2.75, 3.05) is 16.8 Å². The summed E-state index contributed by atoms with van der Waals surface area (Å²) in [5, 5.41) is 4.80. The SMILES string of the molecule is O=C(CN1C(=O)CC(c2cccs2)=Nc2ccccc21)Nc1cccc(Br)c1. The van der Waals surface area contributed by atoms with Gasteiger partial charge in [0.05, 0.1) is 23.5 Å². The Morgan fingerprint density at radius 2 is 2.00 bits per heavy atom. The maximum absolute atomic E-state index is 13.0. The Bertz CT molecular complexity index is 1060. The highest BCUT2D eigenvalue weighted by Crippen LogP contribution is 2.33. The molecule has 1 aliphatic rings. The average molecular weight is 454 g/mol. The van der Waals surface area contributed by atoms with Crippen molar-refractivity contribution in [2.45, 2.75) is 6.42 Å². The van der Waals surface area contributed by atoms with Gasteiger partial charge in [-0.2, -0.15) is 0 Å². The number of carbonyl (C=O) groups excluding carboxylic acids is 2. The summed E-state index contributed by atoms with van der Waals surface area (Å²) in [7, 11) is 0. The number of para-hydroxylation sites is 2. The Balaban J connectivity index is 1.60. The van der Waals surface area contributed by atoms with Crippen molar-refractivity contribution >= 4 is 61.9 Å². The largest absolute Gasteiger partial charge is 0.324 e. The summed E-state index contributed by atoms with van der Waals surface area (Å²) in [5.41, 5.74) is 2.73. The van der Waals surface area contributed by atoms with Gasteiger partial charge >= 0.3 is 0 Å². The molecule has 140 valence electrons. The van der Waals surface area contributed by atoms with E-state index in [2.05, 4.69) is 21.2 Å². The van der Waals surface area contributed by atoms with E-state index in [4.69, 9.17) is 4.99 Å². The molecule has 4 rings (SSSR count). The molecule has 0 fully saturated rings. The summed E-state index contributed by atoms with van der Waals surface area (Å²) in [6, 6.07) is 18.6. The van der Waals surface area contributed by atoms with Crippen LogP contribution >= 0.6 is 27.3 Å². The molecule has 0 aliphatic carbocycles. The molecule has 2 amide bonds. The van der Waals surface area contributed by atoms with Gasteiger partial charge in [0, 0.05) is 15.0 Å². The number of benzene rings is 2. The summed E-state index contributed by atoms with van der Waals surface area (Å²) in [6.07, 6.45) is 0.152. The molecule has 0 saturated carbocycles. The minimum atomic E-state index is -0.263. The number of nitrogens with zero attached hydrogens (tertiary/aromatic N) is 2. The first-order valence-electron chi connectivity index (χ1n) is 8.66. The van der Waals surface area contributed by atoms with Crippen LogP contribution in [0.25, 0.3) is 0 Å². The predicted octanol–water partition coefficient (Wildman–Crippen LogP) is 5.01. The lowest BCUT2D eigenvalue weighted by molar-refractivity contribution is -0.120. The molecule has 2 aromatic carbocycles. The molecule has 2 heterocycles. The summed E-state index contributed by atoms with van der Waals surface area (Å²) >= 11 is 4.94. The Morgan fingerprint density at radius 3 is 2.79 bits per heavy atom. The van der Waals surface area contributed by atoms with Gasteiger partial charge in [0.2, 0.25) is 11.8 Å². The van der Waals surface area contributed by atoms with Gasteiger partial charge in [-0.15, -0.1) is 11.3 Å². The molecule has 0 saturated heterocycles. The molecular weight excluding hydrogens is 438 g/mol. The van der Waals surface area contributed by atoms with Gasteiger partial charge in [-0.1, -0.05) is 40.2 Å². The number of hydrogen-bond acceptors (Lipinski definition) is 4. The van der Waals surface area contributed by atoms with E-state index in [9.17, 15) is 9.59 Å². The molecule has 5 nitrogen and oxygen atoms in total. The van der Waals surface area contributed by atoms with Crippen LogP contribution in [0.5, 0.6) is 0 Å². The lowest BCUT2D eigenvalue weighted by Gasteiger charge is -2.21. The van der Waals surface area contributed by atoms with Gasteiger partial charge in [-0.3, -0.25) is 9.59 Å². The fourth-order valence-electron chi connectivity index (χ4n) is 3.01. The minimum Gasteiger partial charge on any atom is -0.324 e. The highest BCUT2D eigenvalue weighted by Gasteiger charge is 2.26. The molecular formula is C21H16BrN3O2S. The van der Waals surface area contributed by atoms with Crippen molar-refractivity contribution in [3.63, 3.8) is 0 Å². The second-order valence-electron chi connectivity index (χ2n) is 6.24. The highest BCUT2D eigenvalue weighted by molar-refractivity contribution is 9.10. The number of halogens is 1. The first kappa shape index (κ1) is 18.6. The number of amides is 2. The second-order valence-corrected chi connectivity index (χ2v) is 8.10. The van der Waals surface area contributed by atoms with Crippen LogP contribution < -0.4 is 10.2 Å². The molecule has 0 radical (unpaired) electrons. The normalized spacial score (nSPS) is 13.5. The zero-order valence-electron chi connectivity index (χ0n) is 14.8. The van der Waals surface area contributed by atoms with E-state index >= 15 is 0 Å². The van der Waals surface area contributed by atoms with Crippen LogP contribution in [0.15, 0.2) is 75.5 Å². The predicted molar refractivity (Wildman–Crippen MR) is 117 cm³/mol. The smallest absolute Gasteiger partial charge is 0.244 e. The van der Waals surface area contributed by atoms with Crippen molar-refractivity contribution < 1.29 is 9.59 Å². The monoisotopic (exact) mass is 453 g/mol. The molecule has 0 atom stereocenters. The van der Waals surface area contributed by atoms with E-state index in [1.807, 2.05) is 60.0 Å². The van der Waals surface area contributed by atoms with E-state index in [1.165, 1.54) is 4.90 Å². The van der Waals surface area contributed by atoms with E-state index in [1.54, 1.807) is 17.4 Å². The third-order valence-electron chi connectivity index (χ3n) is 4.26. The van der Waals surface area contributed by atoms with Crippen molar-refractivity contribution in [1.82, 2.24) is 0 Å². The standard InChI is InChI=1S/C21H16BrN3O2S/c22-14-5-3-6-15(11-14)23-20(26)13-25-18-8-2-1-7-16(18)24-17(12-21(25)27)19-9-4-10-28-19/h1-11H,12-13H2,(H,23,26). The molecule has 1 N–H and O–H groups in total. The molecule has 3 aromatic rings. The zero-order valence-corrected chi connectivity index (χ0v) is 17.2. The van der Waals surface area contributed by atoms with Crippen LogP contribution in [-0.4, -0.2) is 24.1 Å². The van der Waals surface area contributed by atoms with Crippen LogP contribution in [0.3, 0.4) is 0 Å². The van der Waals surface area contributed by atoms with E-state index in [-0.39, 0.29) is 24.8 Å². The Labute approximate surface area is 174 Å². The number of anilines is 2. The Hall–Kier alpha value is -2.77. The topological polar surface area (TPSA) is 61.8 Å². The number of carbonyl (C=O) groups is 2. The molecule has 0 bridgehead atoms. The van der Waals surface area contributed by atoms with Crippen molar-refractivity contribution in [1.29, 1.82) is 0 Å². The fourth-order valence-corrected chi connectivity index (χ4v) is 4.13. The van der Waals surface area contributed by atoms with Crippen LogP contribution in [0.2, 0.25) is 0 Å². The number of aliphatic imine (C=N–C) groups is 1. The average Bonchev–Trinajstić information content (AvgIpc) is 3.16. The minimum absolute atomic E-state index is 0.0738. The van der Waals surface area contributed by atoms with E-state index in [0.29, 0.717) is 17.1 Å². The van der Waals surface area contributed by atoms with Crippen LogP contribution in [-0.2, 0) is 9.59 Å². The van der Waals surface area contributed by atoms with Gasteiger partial charge in [0.25, 0.3) is 0 Å². The lowest BCUT2D eigenvalue weighted by atomic mass is 10.2. The third kappa shape index (κ3) is 4.05. The molecule has 0 spiro atoms. The number of thiophene rings is 1. The van der Waals surface area contributed by atoms with Crippen molar-refractivity contribution in [2.24, 2.45) is 4.99 Å². The molecule has 7 heteroatoms. The summed E-state index contributed by atoms with van der Waals surface area (Å²) in [6.45, 7) is -0.0738. The number of hydrogen-bond donors (Lipinski definition) is 1. The van der Waals surface area contributed by atoms with Crippen molar-refractivity contribution in [3.05, 3.63) is 75.4 Å². The van der Waals surface area contributed by atoms with Crippen LogP contribution in [0.1, 0.15) is 11.3 Å². The fraction of sp³-hybridized carbons (Fsp3) is 0.0952. The number of fused-ring (bicyclic) bond motifs is 1. The summed E-state index contributed by atoms with van der Waals surface area (Å²) in [4.78, 5) is 32.8. The van der Waals surface area contributed by atoms with Crippen LogP contribution in [0, 0.1) is 0 Å². The highest BCUT2D eigenvalue weighted by atomic mass is 79.9. The molecule has 28 heavy (non-hydrogen) atoms. The first-order valence-corrected chi connectivity index (χ1v) is 10.3. The number of rotatable bonds is 4. The van der Waals surface area contributed by atoms with E-state index < -0.39 is 0 Å². The quantitative estimate of drug-likeness (QED) is 0.603. The molecule has 0 unspecified atom stereocenters. The maximum Gasteiger partial charge on any atom is 0.244 e. The number of nitrogens with one attached hydrogen (secondary N) is 1. The zero-order chi connectivity index (χ0) is 19.5. The van der Waals surface area contributed by atoms with Crippen LogP contribution in [0.4, 0.5) is 17.1 Å². The first-order chi connectivity index (χ1) is 13.6. The molecule has 1 aliphatic heterocycles. The van der Waals surface area contributed by atoms with Gasteiger partial charge in [-0.25, -0.2) is 4.99 Å². The second kappa shape index (κ2) is 8.08. The van der Waals surface area contributed by atoms with Crippen molar-refractivity contribution in [3.8, 4) is 0 Å². The summed E-state index contributed by atoms with van der Waals surface area (Å²) in [5.74, 6) is -0.415. The molecule has 1 aromatic heterocycles. The van der Waals surface area contributed by atoms with Gasteiger partial charge in [0.1, 0.15) is 6.54 Å². The lowest BCUT2D eigenvalue weighted by Crippen LogP contribution is -2.38. The Kier molecular flexibility index (Phi) is 5.36. The third-order valence-corrected chi connectivity index (χ3v) is 5.68. The van der Waals surface area contributed by atoms with Gasteiger partial charge in [-0.05, 0) is 41.8 Å². The maximum atomic E-state index is 13.0. The van der Waals surface area contributed by atoms with Gasteiger partial charge in [0.15, 0.2) is 0 Å². The summed E-state index contributed by atoms with van der Waals surface area (Å²) < 4.78 is 0.871.